The summed E-state index contributed by atoms with van der Waals surface area (Å²) in [5.41, 5.74) is 5.21. The Morgan fingerprint density at radius 3 is 2.54 bits per heavy atom. The van der Waals surface area contributed by atoms with Crippen LogP contribution in [0.25, 0.3) is 0 Å². The number of hydrogen-bond donors (Lipinski definition) is 1. The third-order valence-electron chi connectivity index (χ3n) is 2.80. The lowest BCUT2D eigenvalue weighted by atomic mass is 10.2. The monoisotopic (exact) mass is 185 g/mol. The highest BCUT2D eigenvalue weighted by atomic mass is 16.2. The van der Waals surface area contributed by atoms with Crippen LogP contribution in [0.4, 0.5) is 4.79 Å². The van der Waals surface area contributed by atoms with Crippen LogP contribution in [0.1, 0.15) is 20.3 Å². The lowest BCUT2D eigenvalue weighted by molar-refractivity contribution is 0.199. The van der Waals surface area contributed by atoms with Crippen molar-refractivity contribution < 1.29 is 4.79 Å². The summed E-state index contributed by atoms with van der Waals surface area (Å²) in [4.78, 5) is 15.0. The number of hydrogen-bond acceptors (Lipinski definition) is 2. The molecule has 1 aliphatic rings. The van der Waals surface area contributed by atoms with E-state index in [0.717, 1.165) is 32.6 Å². The molecule has 0 bridgehead atoms. The Bertz CT molecular complexity index is 180. The maximum absolute atomic E-state index is 10.9. The molecule has 76 valence electrons. The van der Waals surface area contributed by atoms with Gasteiger partial charge in [0.25, 0.3) is 0 Å². The van der Waals surface area contributed by atoms with Gasteiger partial charge in [0.1, 0.15) is 0 Å². The first-order valence-electron chi connectivity index (χ1n) is 4.97. The summed E-state index contributed by atoms with van der Waals surface area (Å²) in [6.07, 6.45) is 1.06. The Labute approximate surface area is 79.7 Å². The Morgan fingerprint density at radius 1 is 1.54 bits per heavy atom. The van der Waals surface area contributed by atoms with Crippen molar-refractivity contribution in [3.8, 4) is 0 Å². The topological polar surface area (TPSA) is 49.6 Å². The number of rotatable bonds is 3. The molecule has 1 atom stereocenters. The minimum Gasteiger partial charge on any atom is -0.351 e. The first kappa shape index (κ1) is 10.3. The summed E-state index contributed by atoms with van der Waals surface area (Å²) in [6.45, 7) is 8.02. The van der Waals surface area contributed by atoms with Crippen LogP contribution >= 0.6 is 0 Å². The van der Waals surface area contributed by atoms with Crippen molar-refractivity contribution in [1.82, 2.24) is 9.80 Å². The minimum absolute atomic E-state index is 0.283. The fraction of sp³-hybridized carbons (Fsp3) is 0.889. The van der Waals surface area contributed by atoms with Crippen LogP contribution < -0.4 is 5.73 Å². The molecule has 0 spiro atoms. The first-order valence-corrected chi connectivity index (χ1v) is 4.97. The van der Waals surface area contributed by atoms with Gasteiger partial charge in [-0.15, -0.1) is 0 Å². The molecule has 0 aromatic heterocycles. The summed E-state index contributed by atoms with van der Waals surface area (Å²) < 4.78 is 0. The fourth-order valence-electron chi connectivity index (χ4n) is 1.98. The molecule has 1 heterocycles. The smallest absolute Gasteiger partial charge is 0.314 e. The maximum Gasteiger partial charge on any atom is 0.314 e. The third-order valence-corrected chi connectivity index (χ3v) is 2.80. The molecule has 2 N–H and O–H groups in total. The van der Waals surface area contributed by atoms with Gasteiger partial charge in [-0.1, -0.05) is 13.8 Å². The third kappa shape index (κ3) is 2.34. The van der Waals surface area contributed by atoms with Gasteiger partial charge in [0.15, 0.2) is 0 Å². The van der Waals surface area contributed by atoms with Gasteiger partial charge in [0.2, 0.25) is 0 Å². The van der Waals surface area contributed by atoms with Crippen molar-refractivity contribution in [3.63, 3.8) is 0 Å². The molecular formula is C9H19N3O. The van der Waals surface area contributed by atoms with Crippen LogP contribution in [-0.4, -0.2) is 48.1 Å². The average Bonchev–Trinajstić information content (AvgIpc) is 2.56. The standard InChI is InChI=1S/C9H19N3O/c1-3-11(4-2)8-5-6-12(7-8)9(10)13/h8H,3-7H2,1-2H3,(H2,10,13). The van der Waals surface area contributed by atoms with Crippen LogP contribution in [0.2, 0.25) is 0 Å². The van der Waals surface area contributed by atoms with E-state index in [-0.39, 0.29) is 6.03 Å². The molecule has 1 saturated heterocycles. The SMILES string of the molecule is CCN(CC)C1CCN(C(N)=O)C1. The average molecular weight is 185 g/mol. The molecule has 0 aromatic rings. The Morgan fingerprint density at radius 2 is 2.15 bits per heavy atom. The van der Waals surface area contributed by atoms with Gasteiger partial charge >= 0.3 is 6.03 Å². The van der Waals surface area contributed by atoms with Crippen LogP contribution in [0.5, 0.6) is 0 Å². The zero-order valence-corrected chi connectivity index (χ0v) is 8.49. The van der Waals surface area contributed by atoms with Crippen molar-refractivity contribution in [1.29, 1.82) is 0 Å². The number of urea groups is 1. The van der Waals surface area contributed by atoms with E-state index < -0.39 is 0 Å². The molecule has 1 rings (SSSR count). The highest BCUT2D eigenvalue weighted by Crippen LogP contribution is 2.14. The van der Waals surface area contributed by atoms with Crippen molar-refractivity contribution in [2.75, 3.05) is 26.2 Å². The number of likely N-dealkylation sites (tertiary alicyclic amines) is 1. The van der Waals surface area contributed by atoms with Crippen LogP contribution in [0.15, 0.2) is 0 Å². The van der Waals surface area contributed by atoms with Gasteiger partial charge in [-0.05, 0) is 19.5 Å². The van der Waals surface area contributed by atoms with Crippen LogP contribution in [0.3, 0.4) is 0 Å². The highest BCUT2D eigenvalue weighted by molar-refractivity contribution is 5.72. The maximum atomic E-state index is 10.9. The van der Waals surface area contributed by atoms with E-state index in [0.29, 0.717) is 6.04 Å². The second kappa shape index (κ2) is 4.46. The van der Waals surface area contributed by atoms with Gasteiger partial charge in [0, 0.05) is 19.1 Å². The predicted molar refractivity (Wildman–Crippen MR) is 52.5 cm³/mol. The van der Waals surface area contributed by atoms with E-state index in [4.69, 9.17) is 5.73 Å². The van der Waals surface area contributed by atoms with E-state index in [1.54, 1.807) is 4.90 Å². The first-order chi connectivity index (χ1) is 6.19. The zero-order chi connectivity index (χ0) is 9.84. The summed E-state index contributed by atoms with van der Waals surface area (Å²) in [6, 6.07) is 0.233. The molecule has 0 radical (unpaired) electrons. The number of nitrogens with two attached hydrogens (primary N) is 1. The molecule has 0 aliphatic carbocycles. The number of nitrogens with zero attached hydrogens (tertiary/aromatic N) is 2. The summed E-state index contributed by atoms with van der Waals surface area (Å²) in [5, 5.41) is 0. The molecule has 4 heteroatoms. The fourth-order valence-corrected chi connectivity index (χ4v) is 1.98. The molecule has 4 nitrogen and oxygen atoms in total. The lowest BCUT2D eigenvalue weighted by Gasteiger charge is -2.25. The van der Waals surface area contributed by atoms with Gasteiger partial charge in [-0.25, -0.2) is 4.79 Å². The van der Waals surface area contributed by atoms with Gasteiger partial charge in [-0.2, -0.15) is 0 Å². The second-order valence-corrected chi connectivity index (χ2v) is 3.45. The van der Waals surface area contributed by atoms with Crippen LogP contribution in [0, 0.1) is 0 Å². The van der Waals surface area contributed by atoms with Gasteiger partial charge in [-0.3, -0.25) is 4.90 Å². The zero-order valence-electron chi connectivity index (χ0n) is 8.49. The van der Waals surface area contributed by atoms with Crippen molar-refractivity contribution >= 4 is 6.03 Å². The molecule has 1 fully saturated rings. The molecule has 0 saturated carbocycles. The van der Waals surface area contributed by atoms with Gasteiger partial charge < -0.3 is 10.6 Å². The number of primary amides is 1. The second-order valence-electron chi connectivity index (χ2n) is 3.45. The van der Waals surface area contributed by atoms with E-state index in [1.165, 1.54) is 0 Å². The number of carbonyl (C=O) groups excluding carboxylic acids is 1. The van der Waals surface area contributed by atoms with Crippen molar-refractivity contribution in [3.05, 3.63) is 0 Å². The molecular weight excluding hydrogens is 166 g/mol. The molecule has 0 aromatic carbocycles. The van der Waals surface area contributed by atoms with E-state index >= 15 is 0 Å². The number of likely N-dealkylation sites (N-methyl/N-ethyl adjacent to an activating group) is 1. The van der Waals surface area contributed by atoms with Gasteiger partial charge in [0.05, 0.1) is 0 Å². The largest absolute Gasteiger partial charge is 0.351 e. The number of amides is 2. The molecule has 1 aliphatic heterocycles. The van der Waals surface area contributed by atoms with Crippen molar-refractivity contribution in [2.45, 2.75) is 26.3 Å². The lowest BCUT2D eigenvalue weighted by Crippen LogP contribution is -2.40. The van der Waals surface area contributed by atoms with Crippen LogP contribution in [-0.2, 0) is 0 Å². The van der Waals surface area contributed by atoms with E-state index in [1.807, 2.05) is 0 Å². The van der Waals surface area contributed by atoms with Crippen molar-refractivity contribution in [2.24, 2.45) is 5.73 Å². The Balaban J connectivity index is 2.43. The predicted octanol–water partition coefficient (Wildman–Crippen LogP) is 0.481. The molecule has 13 heavy (non-hydrogen) atoms. The van der Waals surface area contributed by atoms with E-state index in [9.17, 15) is 4.79 Å². The number of carbonyl (C=O) groups is 1. The summed E-state index contributed by atoms with van der Waals surface area (Å²) in [5.74, 6) is 0. The summed E-state index contributed by atoms with van der Waals surface area (Å²) >= 11 is 0. The molecule has 1 unspecified atom stereocenters. The molecule has 2 amide bonds. The Hall–Kier alpha value is -0.770. The quantitative estimate of drug-likeness (QED) is 0.695. The minimum atomic E-state index is -0.283. The Kier molecular flexibility index (Phi) is 3.54. The van der Waals surface area contributed by atoms with E-state index in [2.05, 4.69) is 18.7 Å². The highest BCUT2D eigenvalue weighted by Gasteiger charge is 2.27. The summed E-state index contributed by atoms with van der Waals surface area (Å²) in [7, 11) is 0. The normalized spacial score (nSPS) is 22.7.